The van der Waals surface area contributed by atoms with Gasteiger partial charge in [0.2, 0.25) is 0 Å². The first-order valence-corrected chi connectivity index (χ1v) is 5.55. The van der Waals surface area contributed by atoms with Crippen LogP contribution in [0.15, 0.2) is 0 Å². The first-order chi connectivity index (χ1) is 6.14. The lowest BCUT2D eigenvalue weighted by molar-refractivity contribution is 0.204. The average Bonchev–Trinajstić information content (AvgIpc) is 2.17. The van der Waals surface area contributed by atoms with E-state index in [2.05, 4.69) is 31.1 Å². The minimum absolute atomic E-state index is 0.303. The predicted octanol–water partition coefficient (Wildman–Crippen LogP) is 1.86. The quantitative estimate of drug-likeness (QED) is 0.717. The second-order valence-corrected chi connectivity index (χ2v) is 4.79. The van der Waals surface area contributed by atoms with Crippen molar-refractivity contribution in [2.45, 2.75) is 45.1 Å². The number of hydrogen-bond donors (Lipinski definition) is 1. The van der Waals surface area contributed by atoms with E-state index in [1.165, 1.54) is 45.3 Å². The molecule has 1 aliphatic rings. The van der Waals surface area contributed by atoms with Crippen LogP contribution in [0.5, 0.6) is 0 Å². The minimum Gasteiger partial charge on any atom is -0.315 e. The van der Waals surface area contributed by atoms with E-state index in [4.69, 9.17) is 0 Å². The van der Waals surface area contributed by atoms with Gasteiger partial charge in [-0.1, -0.05) is 6.42 Å². The summed E-state index contributed by atoms with van der Waals surface area (Å²) in [6, 6.07) is 0. The molecule has 0 spiro atoms. The third-order valence-electron chi connectivity index (χ3n) is 3.18. The van der Waals surface area contributed by atoms with Gasteiger partial charge in [-0.25, -0.2) is 0 Å². The van der Waals surface area contributed by atoms with Crippen molar-refractivity contribution in [2.75, 3.05) is 26.7 Å². The van der Waals surface area contributed by atoms with Gasteiger partial charge in [0, 0.05) is 5.54 Å². The van der Waals surface area contributed by atoms with Gasteiger partial charge in [0.05, 0.1) is 0 Å². The van der Waals surface area contributed by atoms with Crippen LogP contribution in [0.2, 0.25) is 0 Å². The van der Waals surface area contributed by atoms with Crippen molar-refractivity contribution in [1.29, 1.82) is 0 Å². The summed E-state index contributed by atoms with van der Waals surface area (Å²) in [5.74, 6) is 0. The molecule has 1 aliphatic heterocycles. The van der Waals surface area contributed by atoms with Gasteiger partial charge in [-0.3, -0.25) is 0 Å². The lowest BCUT2D eigenvalue weighted by atomic mass is 10.00. The fraction of sp³-hybridized carbons (Fsp3) is 1.00. The Morgan fingerprint density at radius 3 is 2.31 bits per heavy atom. The second kappa shape index (κ2) is 4.97. The maximum absolute atomic E-state index is 3.35. The summed E-state index contributed by atoms with van der Waals surface area (Å²) in [5, 5.41) is 3.35. The fourth-order valence-electron chi connectivity index (χ4n) is 1.75. The standard InChI is InChI=1S/C11H24N2/c1-11(2,12-3)7-10-13-8-5-4-6-9-13/h12H,4-10H2,1-3H3. The van der Waals surface area contributed by atoms with Gasteiger partial charge < -0.3 is 10.2 Å². The second-order valence-electron chi connectivity index (χ2n) is 4.79. The summed E-state index contributed by atoms with van der Waals surface area (Å²) in [6.45, 7) is 8.45. The molecule has 0 aromatic heterocycles. The van der Waals surface area contributed by atoms with Crippen LogP contribution in [0.3, 0.4) is 0 Å². The van der Waals surface area contributed by atoms with Crippen molar-refractivity contribution in [2.24, 2.45) is 0 Å². The third-order valence-corrected chi connectivity index (χ3v) is 3.18. The zero-order chi connectivity index (χ0) is 9.73. The van der Waals surface area contributed by atoms with Gasteiger partial charge in [0.15, 0.2) is 0 Å². The zero-order valence-corrected chi connectivity index (χ0v) is 9.40. The molecular formula is C11H24N2. The molecule has 1 saturated heterocycles. The Hall–Kier alpha value is -0.0800. The molecule has 0 aliphatic carbocycles. The molecule has 1 N–H and O–H groups in total. The van der Waals surface area contributed by atoms with Crippen LogP contribution < -0.4 is 5.32 Å². The van der Waals surface area contributed by atoms with Gasteiger partial charge in [-0.15, -0.1) is 0 Å². The number of piperidine rings is 1. The fourth-order valence-corrected chi connectivity index (χ4v) is 1.75. The van der Waals surface area contributed by atoms with E-state index in [-0.39, 0.29) is 0 Å². The molecule has 0 aromatic rings. The van der Waals surface area contributed by atoms with Crippen molar-refractivity contribution in [3.05, 3.63) is 0 Å². The molecule has 78 valence electrons. The molecule has 0 bridgehead atoms. The largest absolute Gasteiger partial charge is 0.315 e. The number of nitrogens with zero attached hydrogens (tertiary/aromatic N) is 1. The van der Waals surface area contributed by atoms with Gasteiger partial charge in [-0.05, 0) is 59.8 Å². The Morgan fingerprint density at radius 1 is 1.15 bits per heavy atom. The third kappa shape index (κ3) is 4.10. The van der Waals surface area contributed by atoms with E-state index in [0.717, 1.165) is 0 Å². The molecule has 13 heavy (non-hydrogen) atoms. The van der Waals surface area contributed by atoms with Crippen LogP contribution in [-0.4, -0.2) is 37.1 Å². The maximum Gasteiger partial charge on any atom is 0.0134 e. The summed E-state index contributed by atoms with van der Waals surface area (Å²) >= 11 is 0. The molecule has 0 saturated carbocycles. The Bertz CT molecular complexity index is 137. The van der Waals surface area contributed by atoms with E-state index in [1.807, 2.05) is 0 Å². The SMILES string of the molecule is CNC(C)(C)CCN1CCCCC1. The van der Waals surface area contributed by atoms with E-state index in [9.17, 15) is 0 Å². The smallest absolute Gasteiger partial charge is 0.0134 e. The molecule has 0 aromatic carbocycles. The average molecular weight is 184 g/mol. The monoisotopic (exact) mass is 184 g/mol. The molecular weight excluding hydrogens is 160 g/mol. The predicted molar refractivity (Wildman–Crippen MR) is 58.0 cm³/mol. The Morgan fingerprint density at radius 2 is 1.77 bits per heavy atom. The van der Waals surface area contributed by atoms with Crippen LogP contribution in [-0.2, 0) is 0 Å². The summed E-state index contributed by atoms with van der Waals surface area (Å²) in [6.07, 6.45) is 5.50. The molecule has 1 fully saturated rings. The van der Waals surface area contributed by atoms with Gasteiger partial charge >= 0.3 is 0 Å². The summed E-state index contributed by atoms with van der Waals surface area (Å²) in [4.78, 5) is 2.60. The number of hydrogen-bond acceptors (Lipinski definition) is 2. The topological polar surface area (TPSA) is 15.3 Å². The Labute approximate surface area is 82.7 Å². The Kier molecular flexibility index (Phi) is 4.20. The van der Waals surface area contributed by atoms with Crippen molar-refractivity contribution in [3.8, 4) is 0 Å². The highest BCUT2D eigenvalue weighted by molar-refractivity contribution is 4.77. The molecule has 2 heteroatoms. The van der Waals surface area contributed by atoms with Crippen molar-refractivity contribution >= 4 is 0 Å². The minimum atomic E-state index is 0.303. The van der Waals surface area contributed by atoms with E-state index < -0.39 is 0 Å². The molecule has 1 heterocycles. The van der Waals surface area contributed by atoms with E-state index in [1.54, 1.807) is 0 Å². The molecule has 0 unspecified atom stereocenters. The number of nitrogens with one attached hydrogen (secondary N) is 1. The van der Waals surface area contributed by atoms with Crippen molar-refractivity contribution in [3.63, 3.8) is 0 Å². The van der Waals surface area contributed by atoms with E-state index in [0.29, 0.717) is 5.54 Å². The Balaban J connectivity index is 2.17. The van der Waals surface area contributed by atoms with Gasteiger partial charge in [0.25, 0.3) is 0 Å². The van der Waals surface area contributed by atoms with Crippen LogP contribution >= 0.6 is 0 Å². The lowest BCUT2D eigenvalue weighted by Gasteiger charge is -2.31. The first-order valence-electron chi connectivity index (χ1n) is 5.55. The van der Waals surface area contributed by atoms with Crippen molar-refractivity contribution < 1.29 is 0 Å². The van der Waals surface area contributed by atoms with E-state index >= 15 is 0 Å². The zero-order valence-electron chi connectivity index (χ0n) is 9.40. The van der Waals surface area contributed by atoms with Crippen LogP contribution in [0, 0.1) is 0 Å². The van der Waals surface area contributed by atoms with Crippen LogP contribution in [0.1, 0.15) is 39.5 Å². The van der Waals surface area contributed by atoms with Crippen LogP contribution in [0.25, 0.3) is 0 Å². The summed E-state index contributed by atoms with van der Waals surface area (Å²) < 4.78 is 0. The lowest BCUT2D eigenvalue weighted by Crippen LogP contribution is -2.41. The molecule has 1 rings (SSSR count). The normalized spacial score (nSPS) is 20.5. The van der Waals surface area contributed by atoms with Gasteiger partial charge in [0.1, 0.15) is 0 Å². The maximum atomic E-state index is 3.35. The number of likely N-dealkylation sites (tertiary alicyclic amines) is 1. The molecule has 0 radical (unpaired) electrons. The number of rotatable bonds is 4. The highest BCUT2D eigenvalue weighted by Crippen LogP contribution is 2.13. The van der Waals surface area contributed by atoms with Crippen molar-refractivity contribution in [1.82, 2.24) is 10.2 Å². The molecule has 0 atom stereocenters. The molecule has 0 amide bonds. The van der Waals surface area contributed by atoms with Crippen LogP contribution in [0.4, 0.5) is 0 Å². The van der Waals surface area contributed by atoms with Gasteiger partial charge in [-0.2, -0.15) is 0 Å². The highest BCUT2D eigenvalue weighted by atomic mass is 15.1. The summed E-state index contributed by atoms with van der Waals surface area (Å²) in [5.41, 5.74) is 0.303. The summed E-state index contributed by atoms with van der Waals surface area (Å²) in [7, 11) is 2.05. The molecule has 2 nitrogen and oxygen atoms in total. The highest BCUT2D eigenvalue weighted by Gasteiger charge is 2.17. The first kappa shape index (κ1) is 11.0.